The first-order valence-electron chi connectivity index (χ1n) is 5.43. The van der Waals surface area contributed by atoms with Crippen molar-refractivity contribution in [1.29, 1.82) is 0 Å². The normalized spacial score (nSPS) is 10.2. The van der Waals surface area contributed by atoms with E-state index in [0.717, 1.165) is 5.56 Å². The van der Waals surface area contributed by atoms with E-state index < -0.39 is 5.97 Å². The van der Waals surface area contributed by atoms with Crippen LogP contribution in [-0.4, -0.2) is 26.3 Å². The van der Waals surface area contributed by atoms with Gasteiger partial charge in [-0.15, -0.1) is 0 Å². The summed E-state index contributed by atoms with van der Waals surface area (Å²) < 4.78 is 15.5. The molecule has 4 heteroatoms. The largest absolute Gasteiger partial charge is 0.496 e. The minimum Gasteiger partial charge on any atom is -0.496 e. The van der Waals surface area contributed by atoms with Crippen LogP contribution in [0, 0.1) is 6.92 Å². The molecule has 0 unspecified atom stereocenters. The summed E-state index contributed by atoms with van der Waals surface area (Å²) in [6, 6.07) is 3.32. The molecule has 4 nitrogen and oxygen atoms in total. The second-order valence-corrected chi connectivity index (χ2v) is 3.96. The van der Waals surface area contributed by atoms with Crippen LogP contribution in [0.2, 0.25) is 0 Å². The zero-order valence-electron chi connectivity index (χ0n) is 10.9. The zero-order valence-corrected chi connectivity index (χ0v) is 10.9. The molecule has 94 valence electrons. The Bertz CT molecular complexity index is 410. The van der Waals surface area contributed by atoms with E-state index in [1.165, 1.54) is 7.11 Å². The van der Waals surface area contributed by atoms with E-state index in [9.17, 15) is 4.79 Å². The molecule has 0 bridgehead atoms. The Morgan fingerprint density at radius 1 is 1.18 bits per heavy atom. The lowest BCUT2D eigenvalue weighted by atomic mass is 10.1. The molecule has 1 rings (SSSR count). The van der Waals surface area contributed by atoms with Crippen molar-refractivity contribution in [3.05, 3.63) is 23.3 Å². The van der Waals surface area contributed by atoms with Crippen LogP contribution in [0.3, 0.4) is 0 Å². The average molecular weight is 238 g/mol. The first-order chi connectivity index (χ1) is 7.99. The third kappa shape index (κ3) is 3.12. The Balaban J connectivity index is 3.23. The SMILES string of the molecule is COC(=O)c1cc(OC)c(C)c(OC(C)C)c1. The van der Waals surface area contributed by atoms with E-state index in [1.54, 1.807) is 19.2 Å². The van der Waals surface area contributed by atoms with Crippen molar-refractivity contribution in [3.63, 3.8) is 0 Å². The highest BCUT2D eigenvalue weighted by Gasteiger charge is 2.14. The Hall–Kier alpha value is -1.71. The summed E-state index contributed by atoms with van der Waals surface area (Å²) in [5.41, 5.74) is 1.29. The molecule has 0 spiro atoms. The van der Waals surface area contributed by atoms with E-state index in [4.69, 9.17) is 9.47 Å². The fourth-order valence-corrected chi connectivity index (χ4v) is 1.49. The summed E-state index contributed by atoms with van der Waals surface area (Å²) in [6.07, 6.45) is 0.0336. The van der Waals surface area contributed by atoms with Crippen LogP contribution < -0.4 is 9.47 Å². The molecule has 0 N–H and O–H groups in total. The number of hydrogen-bond donors (Lipinski definition) is 0. The van der Waals surface area contributed by atoms with E-state index in [-0.39, 0.29) is 6.10 Å². The van der Waals surface area contributed by atoms with Crippen LogP contribution in [0.4, 0.5) is 0 Å². The third-order valence-corrected chi connectivity index (χ3v) is 2.32. The lowest BCUT2D eigenvalue weighted by Crippen LogP contribution is -2.09. The van der Waals surface area contributed by atoms with Crippen molar-refractivity contribution < 1.29 is 19.0 Å². The first-order valence-corrected chi connectivity index (χ1v) is 5.43. The van der Waals surface area contributed by atoms with Gasteiger partial charge in [-0.05, 0) is 32.9 Å². The van der Waals surface area contributed by atoms with Gasteiger partial charge in [0.25, 0.3) is 0 Å². The number of carbonyl (C=O) groups is 1. The van der Waals surface area contributed by atoms with Crippen LogP contribution >= 0.6 is 0 Å². The molecule has 17 heavy (non-hydrogen) atoms. The van der Waals surface area contributed by atoms with Gasteiger partial charge in [0.15, 0.2) is 0 Å². The predicted octanol–water partition coefficient (Wildman–Crippen LogP) is 2.58. The Morgan fingerprint density at radius 3 is 2.24 bits per heavy atom. The number of esters is 1. The molecule has 0 radical (unpaired) electrons. The standard InChI is InChI=1S/C13H18O4/c1-8(2)17-12-7-10(13(14)16-5)6-11(15-4)9(12)3/h6-8H,1-5H3. The summed E-state index contributed by atoms with van der Waals surface area (Å²) >= 11 is 0. The molecule has 1 aromatic carbocycles. The van der Waals surface area contributed by atoms with Gasteiger partial charge in [-0.3, -0.25) is 0 Å². The van der Waals surface area contributed by atoms with Gasteiger partial charge in [0.2, 0.25) is 0 Å². The second kappa shape index (κ2) is 5.57. The van der Waals surface area contributed by atoms with Crippen LogP contribution in [0.1, 0.15) is 29.8 Å². The second-order valence-electron chi connectivity index (χ2n) is 3.96. The fourth-order valence-electron chi connectivity index (χ4n) is 1.49. The average Bonchev–Trinajstić information content (AvgIpc) is 2.30. The highest BCUT2D eigenvalue weighted by Crippen LogP contribution is 2.30. The van der Waals surface area contributed by atoms with Gasteiger partial charge >= 0.3 is 5.97 Å². The van der Waals surface area contributed by atoms with E-state index >= 15 is 0 Å². The van der Waals surface area contributed by atoms with Crippen molar-refractivity contribution in [1.82, 2.24) is 0 Å². The molecule has 0 saturated heterocycles. The number of carbonyl (C=O) groups excluding carboxylic acids is 1. The molecule has 0 heterocycles. The molecule has 0 amide bonds. The zero-order chi connectivity index (χ0) is 13.0. The topological polar surface area (TPSA) is 44.8 Å². The number of benzene rings is 1. The van der Waals surface area contributed by atoms with Crippen LogP contribution in [0.15, 0.2) is 12.1 Å². The summed E-state index contributed by atoms with van der Waals surface area (Å²) in [5, 5.41) is 0. The summed E-state index contributed by atoms with van der Waals surface area (Å²) in [4.78, 5) is 11.5. The molecule has 1 aromatic rings. The molecular formula is C13H18O4. The third-order valence-electron chi connectivity index (χ3n) is 2.32. The van der Waals surface area contributed by atoms with Crippen LogP contribution in [0.5, 0.6) is 11.5 Å². The number of rotatable bonds is 4. The monoisotopic (exact) mass is 238 g/mol. The van der Waals surface area contributed by atoms with E-state index in [0.29, 0.717) is 17.1 Å². The van der Waals surface area contributed by atoms with Gasteiger partial charge in [0, 0.05) is 5.56 Å². The van der Waals surface area contributed by atoms with E-state index in [2.05, 4.69) is 4.74 Å². The first kappa shape index (κ1) is 13.4. The van der Waals surface area contributed by atoms with Gasteiger partial charge in [0.05, 0.1) is 25.9 Å². The maximum absolute atomic E-state index is 11.5. The number of methoxy groups -OCH3 is 2. The highest BCUT2D eigenvalue weighted by atomic mass is 16.5. The molecule has 0 aliphatic heterocycles. The maximum Gasteiger partial charge on any atom is 0.338 e. The van der Waals surface area contributed by atoms with Gasteiger partial charge in [-0.1, -0.05) is 0 Å². The van der Waals surface area contributed by atoms with Crippen molar-refractivity contribution in [2.75, 3.05) is 14.2 Å². The summed E-state index contributed by atoms with van der Waals surface area (Å²) in [6.45, 7) is 5.74. The quantitative estimate of drug-likeness (QED) is 0.756. The van der Waals surface area contributed by atoms with Gasteiger partial charge in [0.1, 0.15) is 11.5 Å². The molecule has 0 atom stereocenters. The minimum atomic E-state index is -0.406. The Labute approximate surface area is 101 Å². The molecule has 0 fully saturated rings. The molecule has 0 aliphatic carbocycles. The van der Waals surface area contributed by atoms with Crippen LogP contribution in [0.25, 0.3) is 0 Å². The Kier molecular flexibility index (Phi) is 4.37. The van der Waals surface area contributed by atoms with E-state index in [1.807, 2.05) is 20.8 Å². The van der Waals surface area contributed by atoms with Gasteiger partial charge in [-0.2, -0.15) is 0 Å². The minimum absolute atomic E-state index is 0.0336. The van der Waals surface area contributed by atoms with Crippen molar-refractivity contribution in [3.8, 4) is 11.5 Å². The lowest BCUT2D eigenvalue weighted by Gasteiger charge is -2.16. The molecule has 0 saturated carbocycles. The lowest BCUT2D eigenvalue weighted by molar-refractivity contribution is 0.0599. The Morgan fingerprint density at radius 2 is 1.76 bits per heavy atom. The van der Waals surface area contributed by atoms with Crippen LogP contribution in [-0.2, 0) is 4.74 Å². The smallest absolute Gasteiger partial charge is 0.338 e. The molecule has 0 aliphatic rings. The fraction of sp³-hybridized carbons (Fsp3) is 0.462. The predicted molar refractivity (Wildman–Crippen MR) is 64.8 cm³/mol. The maximum atomic E-state index is 11.5. The summed E-state index contributed by atoms with van der Waals surface area (Å²) in [7, 11) is 2.90. The molecule has 0 aromatic heterocycles. The molecular weight excluding hydrogens is 220 g/mol. The number of hydrogen-bond acceptors (Lipinski definition) is 4. The number of ether oxygens (including phenoxy) is 3. The van der Waals surface area contributed by atoms with Gasteiger partial charge < -0.3 is 14.2 Å². The van der Waals surface area contributed by atoms with Crippen molar-refractivity contribution in [2.24, 2.45) is 0 Å². The van der Waals surface area contributed by atoms with Crippen molar-refractivity contribution in [2.45, 2.75) is 26.9 Å². The van der Waals surface area contributed by atoms with Gasteiger partial charge in [-0.25, -0.2) is 4.79 Å². The van der Waals surface area contributed by atoms with Crippen molar-refractivity contribution >= 4 is 5.97 Å². The summed E-state index contributed by atoms with van der Waals surface area (Å²) in [5.74, 6) is 0.847. The highest BCUT2D eigenvalue weighted by molar-refractivity contribution is 5.90.